The topological polar surface area (TPSA) is 69.6 Å². The number of carbonyl (C=O) groups is 1. The lowest BCUT2D eigenvalue weighted by Gasteiger charge is -2.13. The molecule has 2 unspecified atom stereocenters. The van der Waals surface area contributed by atoms with Crippen molar-refractivity contribution in [3.05, 3.63) is 35.9 Å². The molecule has 0 aliphatic heterocycles. The highest BCUT2D eigenvalue weighted by Gasteiger charge is 2.16. The molecule has 88 valence electrons. The van der Waals surface area contributed by atoms with Gasteiger partial charge < -0.3 is 15.5 Å². The molecule has 1 amide bonds. The van der Waals surface area contributed by atoms with Crippen LogP contribution in [0.1, 0.15) is 18.6 Å². The molecule has 0 aliphatic carbocycles. The number of rotatable bonds is 5. The number of nitrogens with one attached hydrogen (secondary N) is 1. The van der Waals surface area contributed by atoms with Crippen LogP contribution in [-0.2, 0) is 4.79 Å². The monoisotopic (exact) mass is 223 g/mol. The molecule has 0 bridgehead atoms. The summed E-state index contributed by atoms with van der Waals surface area (Å²) in [6.45, 7) is 2.19. The molecule has 0 radical (unpaired) electrons. The first-order valence-corrected chi connectivity index (χ1v) is 5.26. The number of carbonyl (C=O) groups excluding carboxylic acids is 1. The van der Waals surface area contributed by atoms with Gasteiger partial charge in [-0.3, -0.25) is 4.79 Å². The molecule has 1 rings (SSSR count). The van der Waals surface area contributed by atoms with E-state index in [1.807, 2.05) is 13.0 Å². The highest BCUT2D eigenvalue weighted by molar-refractivity contribution is 5.81. The average molecular weight is 223 g/mol. The third-order valence-electron chi connectivity index (χ3n) is 2.30. The summed E-state index contributed by atoms with van der Waals surface area (Å²) in [5, 5.41) is 21.1. The highest BCUT2D eigenvalue weighted by Crippen LogP contribution is 2.11. The summed E-state index contributed by atoms with van der Waals surface area (Å²) in [7, 11) is 0. The molecule has 1 aromatic rings. The van der Waals surface area contributed by atoms with Crippen molar-refractivity contribution < 1.29 is 15.0 Å². The van der Waals surface area contributed by atoms with Gasteiger partial charge in [-0.05, 0) is 11.5 Å². The van der Waals surface area contributed by atoms with Crippen LogP contribution in [0.4, 0.5) is 0 Å². The van der Waals surface area contributed by atoms with Gasteiger partial charge in [0.25, 0.3) is 5.91 Å². The third kappa shape index (κ3) is 3.64. The molecule has 0 saturated carbocycles. The molecule has 0 aromatic heterocycles. The van der Waals surface area contributed by atoms with Crippen LogP contribution >= 0.6 is 0 Å². The zero-order chi connectivity index (χ0) is 12.0. The number of hydrogen-bond donors (Lipinski definition) is 3. The van der Waals surface area contributed by atoms with E-state index in [9.17, 15) is 9.90 Å². The molecular formula is C12H17NO3. The first-order valence-electron chi connectivity index (χ1n) is 5.26. The Morgan fingerprint density at radius 1 is 1.38 bits per heavy atom. The van der Waals surface area contributed by atoms with E-state index < -0.39 is 12.0 Å². The molecule has 0 heterocycles. The summed E-state index contributed by atoms with van der Waals surface area (Å²) in [5.74, 6) is -0.446. The lowest BCUT2D eigenvalue weighted by atomic mass is 10.1. The smallest absolute Gasteiger partial charge is 0.253 e. The van der Waals surface area contributed by atoms with Gasteiger partial charge in [0.05, 0.1) is 0 Å². The lowest BCUT2D eigenvalue weighted by Crippen LogP contribution is -2.33. The van der Waals surface area contributed by atoms with Gasteiger partial charge in [-0.25, -0.2) is 0 Å². The van der Waals surface area contributed by atoms with Crippen LogP contribution in [0.25, 0.3) is 0 Å². The van der Waals surface area contributed by atoms with Crippen molar-refractivity contribution in [2.24, 2.45) is 5.92 Å². The van der Waals surface area contributed by atoms with Crippen molar-refractivity contribution >= 4 is 5.91 Å². The van der Waals surface area contributed by atoms with Crippen LogP contribution in [0, 0.1) is 5.92 Å². The summed E-state index contributed by atoms with van der Waals surface area (Å²) in [6.07, 6.45) is -1.15. The van der Waals surface area contributed by atoms with E-state index in [0.29, 0.717) is 12.1 Å². The minimum Gasteiger partial charge on any atom is -0.396 e. The van der Waals surface area contributed by atoms with Crippen LogP contribution in [-0.4, -0.2) is 29.3 Å². The Bertz CT molecular complexity index is 326. The third-order valence-corrected chi connectivity index (χ3v) is 2.30. The zero-order valence-electron chi connectivity index (χ0n) is 9.26. The highest BCUT2D eigenvalue weighted by atomic mass is 16.3. The van der Waals surface area contributed by atoms with E-state index in [0.717, 1.165) is 0 Å². The standard InChI is InChI=1S/C12H17NO3/c1-9(8-14)7-13-12(16)11(15)10-5-3-2-4-6-10/h2-6,9,11,14-15H,7-8H2,1H3,(H,13,16). The number of hydrogen-bond acceptors (Lipinski definition) is 3. The zero-order valence-corrected chi connectivity index (χ0v) is 9.26. The van der Waals surface area contributed by atoms with E-state index in [-0.39, 0.29) is 12.5 Å². The fraction of sp³-hybridized carbons (Fsp3) is 0.417. The number of benzene rings is 1. The predicted molar refractivity (Wildman–Crippen MR) is 60.7 cm³/mol. The second-order valence-corrected chi connectivity index (χ2v) is 3.85. The van der Waals surface area contributed by atoms with Crippen LogP contribution in [0.3, 0.4) is 0 Å². The Morgan fingerprint density at radius 3 is 2.56 bits per heavy atom. The maximum absolute atomic E-state index is 11.5. The number of aliphatic hydroxyl groups excluding tert-OH is 2. The Hall–Kier alpha value is -1.39. The van der Waals surface area contributed by atoms with Gasteiger partial charge >= 0.3 is 0 Å². The van der Waals surface area contributed by atoms with Crippen LogP contribution in [0.5, 0.6) is 0 Å². The van der Waals surface area contributed by atoms with Gasteiger partial charge in [-0.2, -0.15) is 0 Å². The minimum atomic E-state index is -1.15. The van der Waals surface area contributed by atoms with Crippen molar-refractivity contribution in [3.63, 3.8) is 0 Å². The second kappa shape index (κ2) is 6.25. The molecule has 0 spiro atoms. The van der Waals surface area contributed by atoms with Gasteiger partial charge in [0.2, 0.25) is 0 Å². The molecule has 2 atom stereocenters. The first-order chi connectivity index (χ1) is 7.65. The van der Waals surface area contributed by atoms with Crippen molar-refractivity contribution in [1.29, 1.82) is 0 Å². The molecule has 4 nitrogen and oxygen atoms in total. The summed E-state index contributed by atoms with van der Waals surface area (Å²) in [6, 6.07) is 8.74. The molecule has 0 saturated heterocycles. The molecule has 3 N–H and O–H groups in total. The van der Waals surface area contributed by atoms with E-state index in [2.05, 4.69) is 5.32 Å². The van der Waals surface area contributed by atoms with Gasteiger partial charge in [-0.1, -0.05) is 37.3 Å². The molecule has 1 aromatic carbocycles. The van der Waals surface area contributed by atoms with Crippen molar-refractivity contribution in [3.8, 4) is 0 Å². The normalized spacial score (nSPS) is 14.2. The second-order valence-electron chi connectivity index (χ2n) is 3.85. The van der Waals surface area contributed by atoms with E-state index >= 15 is 0 Å². The first kappa shape index (κ1) is 12.7. The SMILES string of the molecule is CC(CO)CNC(=O)C(O)c1ccccc1. The fourth-order valence-electron chi connectivity index (χ4n) is 1.22. The number of aliphatic hydroxyl groups is 2. The molecular weight excluding hydrogens is 206 g/mol. The maximum Gasteiger partial charge on any atom is 0.253 e. The quantitative estimate of drug-likeness (QED) is 0.679. The fourth-order valence-corrected chi connectivity index (χ4v) is 1.22. The Kier molecular flexibility index (Phi) is 4.95. The molecule has 0 fully saturated rings. The molecule has 4 heteroatoms. The number of amides is 1. The average Bonchev–Trinajstić information content (AvgIpc) is 2.35. The van der Waals surface area contributed by atoms with Gasteiger partial charge in [-0.15, -0.1) is 0 Å². The van der Waals surface area contributed by atoms with Crippen molar-refractivity contribution in [2.75, 3.05) is 13.2 Å². The van der Waals surface area contributed by atoms with E-state index in [4.69, 9.17) is 5.11 Å². The van der Waals surface area contributed by atoms with Gasteiger partial charge in [0.1, 0.15) is 0 Å². The summed E-state index contributed by atoms with van der Waals surface area (Å²) in [4.78, 5) is 11.5. The van der Waals surface area contributed by atoms with Gasteiger partial charge in [0.15, 0.2) is 6.10 Å². The Balaban J connectivity index is 2.49. The van der Waals surface area contributed by atoms with Crippen LogP contribution < -0.4 is 5.32 Å². The Morgan fingerprint density at radius 2 is 2.00 bits per heavy atom. The van der Waals surface area contributed by atoms with Crippen LogP contribution in [0.15, 0.2) is 30.3 Å². The van der Waals surface area contributed by atoms with E-state index in [1.54, 1.807) is 24.3 Å². The van der Waals surface area contributed by atoms with Crippen molar-refractivity contribution in [1.82, 2.24) is 5.32 Å². The van der Waals surface area contributed by atoms with Gasteiger partial charge in [0, 0.05) is 13.2 Å². The van der Waals surface area contributed by atoms with E-state index in [1.165, 1.54) is 0 Å². The summed E-state index contributed by atoms with van der Waals surface area (Å²) >= 11 is 0. The predicted octanol–water partition coefficient (Wildman–Crippen LogP) is 0.465. The molecule has 0 aliphatic rings. The summed E-state index contributed by atoms with van der Waals surface area (Å²) in [5.41, 5.74) is 0.566. The maximum atomic E-state index is 11.5. The van der Waals surface area contributed by atoms with Crippen molar-refractivity contribution in [2.45, 2.75) is 13.0 Å². The molecule has 16 heavy (non-hydrogen) atoms. The lowest BCUT2D eigenvalue weighted by molar-refractivity contribution is -0.129. The summed E-state index contributed by atoms with van der Waals surface area (Å²) < 4.78 is 0. The van der Waals surface area contributed by atoms with Crippen LogP contribution in [0.2, 0.25) is 0 Å². The minimum absolute atomic E-state index is 0.00748. The largest absolute Gasteiger partial charge is 0.396 e. The Labute approximate surface area is 94.9 Å².